The van der Waals surface area contributed by atoms with Gasteiger partial charge in [-0.25, -0.2) is 0 Å². The fourth-order valence-corrected chi connectivity index (χ4v) is 2.82. The van der Waals surface area contributed by atoms with Crippen LogP contribution in [0.2, 0.25) is 0 Å². The van der Waals surface area contributed by atoms with Crippen LogP contribution in [-0.2, 0) is 0 Å². The number of nitrogens with two attached hydrogens (primary N) is 1. The van der Waals surface area contributed by atoms with Crippen LogP contribution in [0.5, 0.6) is 0 Å². The molecule has 218 valence electrons. The standard InChI is InChI=1S/C20H30N12O8/c1-10(21)15(30(35)36)18(23-6)27-12(3)17(32(39)40)20(25-8)28-13(4)16(31(37)38)19(24-7)26-11(2)14(9-22-5)29(33)34/h9,22-28H,1-4,21H2,5-8H3/b14-9+,18-15-,19-16-,20-17-. The summed E-state index contributed by atoms with van der Waals surface area (Å²) in [6.07, 6.45) is 0.990. The van der Waals surface area contributed by atoms with Crippen LogP contribution in [0.1, 0.15) is 0 Å². The first-order valence-electron chi connectivity index (χ1n) is 10.6. The Bertz CT molecular complexity index is 1250. The summed E-state index contributed by atoms with van der Waals surface area (Å²) in [7, 11) is 5.14. The van der Waals surface area contributed by atoms with Crippen LogP contribution in [0.4, 0.5) is 0 Å². The fraction of sp³-hybridized carbons (Fsp3) is 0.200. The van der Waals surface area contributed by atoms with Crippen molar-refractivity contribution in [2.45, 2.75) is 0 Å². The minimum absolute atomic E-state index is 0.349. The van der Waals surface area contributed by atoms with E-state index < -0.39 is 77.0 Å². The highest BCUT2D eigenvalue weighted by Crippen LogP contribution is 2.17. The van der Waals surface area contributed by atoms with E-state index in [0.29, 0.717) is 0 Å². The summed E-state index contributed by atoms with van der Waals surface area (Å²) in [5.41, 5.74) is 0.672. The van der Waals surface area contributed by atoms with Gasteiger partial charge >= 0.3 is 22.8 Å². The van der Waals surface area contributed by atoms with Crippen LogP contribution < -0.4 is 43.0 Å². The van der Waals surface area contributed by atoms with Gasteiger partial charge in [0.25, 0.3) is 0 Å². The molecule has 0 aliphatic carbocycles. The molecule has 0 atom stereocenters. The summed E-state index contributed by atoms with van der Waals surface area (Å²) >= 11 is 0. The van der Waals surface area contributed by atoms with Crippen LogP contribution in [0.15, 0.2) is 95.6 Å². The Morgan fingerprint density at radius 3 is 1.18 bits per heavy atom. The summed E-state index contributed by atoms with van der Waals surface area (Å²) in [6.45, 7) is 13.8. The molecule has 9 N–H and O–H groups in total. The average Bonchev–Trinajstić information content (AvgIpc) is 2.84. The molecule has 0 heterocycles. The maximum Gasteiger partial charge on any atom is 0.331 e. The first-order chi connectivity index (χ1) is 18.6. The molecule has 20 heteroatoms. The van der Waals surface area contributed by atoms with Crippen molar-refractivity contribution in [2.24, 2.45) is 5.73 Å². The van der Waals surface area contributed by atoms with E-state index in [4.69, 9.17) is 5.73 Å². The number of nitrogens with one attached hydrogen (secondary N) is 7. The lowest BCUT2D eigenvalue weighted by molar-refractivity contribution is -0.425. The quantitative estimate of drug-likeness (QED) is 0.0566. The summed E-state index contributed by atoms with van der Waals surface area (Å²) in [5, 5.41) is 63.5. The molecular weight excluding hydrogens is 536 g/mol. The molecule has 0 radical (unpaired) electrons. The molecule has 0 unspecified atom stereocenters. The number of hydrogen-bond donors (Lipinski definition) is 8. The Kier molecular flexibility index (Phi) is 12.9. The Labute approximate surface area is 227 Å². The van der Waals surface area contributed by atoms with Crippen LogP contribution >= 0.6 is 0 Å². The van der Waals surface area contributed by atoms with Crippen molar-refractivity contribution in [3.63, 3.8) is 0 Å². The van der Waals surface area contributed by atoms with Gasteiger partial charge in [-0.15, -0.1) is 0 Å². The highest BCUT2D eigenvalue weighted by molar-refractivity contribution is 5.36. The van der Waals surface area contributed by atoms with Gasteiger partial charge in [-0.05, 0) is 0 Å². The molecule has 0 bridgehead atoms. The van der Waals surface area contributed by atoms with Crippen LogP contribution in [0.3, 0.4) is 0 Å². The molecule has 0 fully saturated rings. The lowest BCUT2D eigenvalue weighted by Crippen LogP contribution is -2.35. The largest absolute Gasteiger partial charge is 0.394 e. The second-order valence-electron chi connectivity index (χ2n) is 7.10. The minimum atomic E-state index is -0.932. The van der Waals surface area contributed by atoms with Gasteiger partial charge in [0, 0.05) is 28.2 Å². The van der Waals surface area contributed by atoms with Crippen molar-refractivity contribution in [2.75, 3.05) is 28.2 Å². The molecule has 0 spiro atoms. The molecule has 0 saturated carbocycles. The zero-order valence-electron chi connectivity index (χ0n) is 22.0. The van der Waals surface area contributed by atoms with Gasteiger partial charge in [0.2, 0.25) is 0 Å². The third-order valence-corrected chi connectivity index (χ3v) is 4.50. The number of nitro groups is 4. The van der Waals surface area contributed by atoms with E-state index in [0.717, 1.165) is 6.20 Å². The highest BCUT2D eigenvalue weighted by atomic mass is 16.6. The zero-order valence-corrected chi connectivity index (χ0v) is 22.0. The van der Waals surface area contributed by atoms with E-state index in [9.17, 15) is 40.5 Å². The van der Waals surface area contributed by atoms with Crippen LogP contribution in [0, 0.1) is 40.5 Å². The van der Waals surface area contributed by atoms with Crippen LogP contribution in [0.25, 0.3) is 0 Å². The predicted molar refractivity (Wildman–Crippen MR) is 144 cm³/mol. The molecule has 0 aromatic rings. The van der Waals surface area contributed by atoms with E-state index in [1.54, 1.807) is 0 Å². The maximum absolute atomic E-state index is 11.9. The van der Waals surface area contributed by atoms with E-state index >= 15 is 0 Å². The van der Waals surface area contributed by atoms with Gasteiger partial charge in [0.05, 0.1) is 25.9 Å². The lowest BCUT2D eigenvalue weighted by atomic mass is 10.2. The second kappa shape index (κ2) is 15.2. The topological polar surface area (TPSA) is 283 Å². The number of nitrogens with zero attached hydrogens (tertiary/aromatic N) is 4. The van der Waals surface area contributed by atoms with Crippen molar-refractivity contribution in [3.8, 4) is 0 Å². The molecule has 0 saturated heterocycles. The van der Waals surface area contributed by atoms with Gasteiger partial charge in [-0.3, -0.25) is 40.5 Å². The average molecular weight is 567 g/mol. The molecule has 0 rings (SSSR count). The van der Waals surface area contributed by atoms with Crippen molar-refractivity contribution in [3.05, 3.63) is 136 Å². The van der Waals surface area contributed by atoms with Crippen molar-refractivity contribution in [1.29, 1.82) is 0 Å². The second-order valence-corrected chi connectivity index (χ2v) is 7.10. The van der Waals surface area contributed by atoms with Crippen molar-refractivity contribution >= 4 is 0 Å². The summed E-state index contributed by atoms with van der Waals surface area (Å²) in [4.78, 5) is 43.0. The Hall–Kier alpha value is -6.08. The van der Waals surface area contributed by atoms with E-state index in [-0.39, 0.29) is 5.70 Å². The summed E-state index contributed by atoms with van der Waals surface area (Å²) in [5.74, 6) is -1.28. The number of hydrogen-bond acceptors (Lipinski definition) is 16. The lowest BCUT2D eigenvalue weighted by Gasteiger charge is -2.17. The molecule has 40 heavy (non-hydrogen) atoms. The van der Waals surface area contributed by atoms with Crippen LogP contribution in [-0.4, -0.2) is 47.9 Å². The van der Waals surface area contributed by atoms with E-state index in [2.05, 4.69) is 63.5 Å². The first-order valence-corrected chi connectivity index (χ1v) is 10.6. The zero-order chi connectivity index (χ0) is 31.3. The Balaban J connectivity index is 6.76. The molecule has 0 aliphatic rings. The SMILES string of the molecule is C=C(N)/C(=C(\NC)NC(=C)/C(=C(\NC)NC(=C)/C(=C(\NC)NC(=C)/C(=C\NC)[N+](=O)[O-])[N+](=O)[O-])[N+](=O)[O-])[N+](=O)[O-]. The fourth-order valence-electron chi connectivity index (χ4n) is 2.82. The van der Waals surface area contributed by atoms with Crippen molar-refractivity contribution < 1.29 is 19.7 Å². The summed E-state index contributed by atoms with van der Waals surface area (Å²) < 4.78 is 0. The predicted octanol–water partition coefficient (Wildman–Crippen LogP) is -0.898. The van der Waals surface area contributed by atoms with Crippen molar-refractivity contribution in [1.82, 2.24) is 37.2 Å². The Morgan fingerprint density at radius 2 is 0.925 bits per heavy atom. The molecular formula is C20H30N12O8. The normalized spacial score (nSPS) is 12.7. The maximum atomic E-state index is 11.9. The third kappa shape index (κ3) is 8.79. The highest BCUT2D eigenvalue weighted by Gasteiger charge is 2.30. The van der Waals surface area contributed by atoms with Gasteiger partial charge in [0.1, 0.15) is 22.8 Å². The summed E-state index contributed by atoms with van der Waals surface area (Å²) in [6, 6.07) is 0. The van der Waals surface area contributed by atoms with Gasteiger partial charge < -0.3 is 43.0 Å². The third-order valence-electron chi connectivity index (χ3n) is 4.50. The molecule has 20 nitrogen and oxygen atoms in total. The molecule has 0 aliphatic heterocycles. The van der Waals surface area contributed by atoms with Gasteiger partial charge in [0.15, 0.2) is 17.5 Å². The molecule has 0 aromatic heterocycles. The van der Waals surface area contributed by atoms with Gasteiger partial charge in [-0.2, -0.15) is 0 Å². The van der Waals surface area contributed by atoms with E-state index in [1.807, 2.05) is 0 Å². The minimum Gasteiger partial charge on any atom is -0.394 e. The van der Waals surface area contributed by atoms with Gasteiger partial charge in [-0.1, -0.05) is 26.3 Å². The monoisotopic (exact) mass is 566 g/mol. The number of rotatable bonds is 18. The Morgan fingerprint density at radius 1 is 0.600 bits per heavy atom. The molecule has 0 amide bonds. The first kappa shape index (κ1) is 33.9. The molecule has 0 aromatic carbocycles. The smallest absolute Gasteiger partial charge is 0.331 e. The van der Waals surface area contributed by atoms with E-state index in [1.165, 1.54) is 28.2 Å².